The van der Waals surface area contributed by atoms with E-state index >= 15 is 0 Å². The quantitative estimate of drug-likeness (QED) is 0.667. The largest absolute Gasteiger partial charge is 0.381 e. The van der Waals surface area contributed by atoms with E-state index in [4.69, 9.17) is 0 Å². The van der Waals surface area contributed by atoms with Gasteiger partial charge in [-0.1, -0.05) is 24.3 Å². The molecule has 1 fully saturated rings. The first-order valence-corrected chi connectivity index (χ1v) is 11.7. The topological polar surface area (TPSA) is 78.1 Å². The van der Waals surface area contributed by atoms with Gasteiger partial charge in [-0.05, 0) is 48.7 Å². The van der Waals surface area contributed by atoms with E-state index in [-0.39, 0.29) is 5.75 Å². The molecule has 1 saturated heterocycles. The highest BCUT2D eigenvalue weighted by Crippen LogP contribution is 2.21. The van der Waals surface area contributed by atoms with Gasteiger partial charge in [0.1, 0.15) is 0 Å². The average molecular weight is 399 g/mol. The summed E-state index contributed by atoms with van der Waals surface area (Å²) in [7, 11) is -2.99. The predicted molar refractivity (Wildman–Crippen MR) is 113 cm³/mol. The Bertz CT molecular complexity index is 1040. The Hall–Kier alpha value is -2.38. The number of aromatic amines is 1. The molecule has 7 heteroatoms. The van der Waals surface area contributed by atoms with Gasteiger partial charge in [0.15, 0.2) is 9.84 Å². The van der Waals surface area contributed by atoms with Crippen molar-refractivity contribution < 1.29 is 8.42 Å². The van der Waals surface area contributed by atoms with Gasteiger partial charge in [0.05, 0.1) is 17.5 Å². The molecule has 4 rings (SSSR count). The maximum absolute atomic E-state index is 11.4. The third-order valence-electron chi connectivity index (χ3n) is 5.17. The number of H-pyrrole nitrogens is 1. The third-order valence-corrected chi connectivity index (χ3v) is 6.03. The zero-order valence-electron chi connectivity index (χ0n) is 16.1. The summed E-state index contributed by atoms with van der Waals surface area (Å²) in [6, 6.07) is 14.7. The smallest absolute Gasteiger partial charge is 0.151 e. The molecule has 1 aliphatic rings. The summed E-state index contributed by atoms with van der Waals surface area (Å²) in [5, 5.41) is 11.8. The van der Waals surface area contributed by atoms with Crippen molar-refractivity contribution in [2.45, 2.75) is 31.2 Å². The van der Waals surface area contributed by atoms with E-state index in [0.29, 0.717) is 6.04 Å². The molecule has 3 aromatic rings. The lowest BCUT2D eigenvalue weighted by Gasteiger charge is -2.33. The van der Waals surface area contributed by atoms with E-state index in [1.165, 1.54) is 11.8 Å². The molecule has 1 aromatic heterocycles. The Balaban J connectivity index is 1.35. The number of nitrogens with one attached hydrogen (secondary N) is 2. The number of hydrogen-bond acceptors (Lipinski definition) is 5. The first kappa shape index (κ1) is 19.0. The molecular weight excluding hydrogens is 372 g/mol. The molecule has 1 aliphatic heterocycles. The van der Waals surface area contributed by atoms with Gasteiger partial charge >= 0.3 is 0 Å². The van der Waals surface area contributed by atoms with E-state index in [9.17, 15) is 8.42 Å². The lowest BCUT2D eigenvalue weighted by molar-refractivity contribution is 0.208. The highest BCUT2D eigenvalue weighted by atomic mass is 32.2. The number of nitrogens with zero attached hydrogens (tertiary/aromatic N) is 2. The maximum atomic E-state index is 11.4. The SMILES string of the molecule is CS(=O)(=O)Cc1ccc(CN2CCCC(Nc3ccc4[nH]ncc4c3)C2)cc1. The normalized spacial score (nSPS) is 18.4. The summed E-state index contributed by atoms with van der Waals surface area (Å²) < 4.78 is 22.9. The zero-order valence-corrected chi connectivity index (χ0v) is 16.9. The fourth-order valence-electron chi connectivity index (χ4n) is 3.89. The minimum atomic E-state index is -2.99. The van der Waals surface area contributed by atoms with E-state index in [2.05, 4.69) is 38.6 Å². The second-order valence-corrected chi connectivity index (χ2v) is 9.92. The van der Waals surface area contributed by atoms with Crippen LogP contribution in [0, 0.1) is 0 Å². The van der Waals surface area contributed by atoms with Gasteiger partial charge in [-0.15, -0.1) is 0 Å². The van der Waals surface area contributed by atoms with Crippen LogP contribution in [-0.4, -0.2) is 48.9 Å². The molecule has 2 aromatic carbocycles. The summed E-state index contributed by atoms with van der Waals surface area (Å²) in [4.78, 5) is 2.46. The highest BCUT2D eigenvalue weighted by Gasteiger charge is 2.20. The molecule has 2 heterocycles. The van der Waals surface area contributed by atoms with Gasteiger partial charge < -0.3 is 5.32 Å². The Kier molecular flexibility index (Phi) is 5.37. The van der Waals surface area contributed by atoms with Gasteiger partial charge in [-0.3, -0.25) is 10.00 Å². The number of rotatable bonds is 6. The Labute approximate surface area is 165 Å². The molecule has 6 nitrogen and oxygen atoms in total. The molecule has 0 aliphatic carbocycles. The van der Waals surface area contributed by atoms with Gasteiger partial charge in [0.25, 0.3) is 0 Å². The van der Waals surface area contributed by atoms with E-state index in [1.807, 2.05) is 30.5 Å². The average Bonchev–Trinajstić information content (AvgIpc) is 3.10. The molecule has 28 heavy (non-hydrogen) atoms. The van der Waals surface area contributed by atoms with E-state index < -0.39 is 9.84 Å². The van der Waals surface area contributed by atoms with Crippen LogP contribution in [0.25, 0.3) is 10.9 Å². The number of anilines is 1. The van der Waals surface area contributed by atoms with Crippen LogP contribution in [0.5, 0.6) is 0 Å². The van der Waals surface area contributed by atoms with Gasteiger partial charge in [-0.25, -0.2) is 8.42 Å². The number of piperidine rings is 1. The summed E-state index contributed by atoms with van der Waals surface area (Å²) in [6.45, 7) is 2.97. The van der Waals surface area contributed by atoms with Crippen LogP contribution >= 0.6 is 0 Å². The maximum Gasteiger partial charge on any atom is 0.151 e. The Morgan fingerprint density at radius 1 is 1.18 bits per heavy atom. The van der Waals surface area contributed by atoms with Crippen molar-refractivity contribution in [2.24, 2.45) is 0 Å². The number of hydrogen-bond donors (Lipinski definition) is 2. The second kappa shape index (κ2) is 7.93. The van der Waals surface area contributed by atoms with Crippen LogP contribution in [0.3, 0.4) is 0 Å². The van der Waals surface area contributed by atoms with Crippen molar-refractivity contribution >= 4 is 26.4 Å². The van der Waals surface area contributed by atoms with Crippen molar-refractivity contribution in [3.63, 3.8) is 0 Å². The molecule has 0 bridgehead atoms. The fourth-order valence-corrected chi connectivity index (χ4v) is 4.68. The van der Waals surface area contributed by atoms with Crippen LogP contribution in [-0.2, 0) is 22.1 Å². The molecule has 1 atom stereocenters. The summed E-state index contributed by atoms with van der Waals surface area (Å²) in [5.41, 5.74) is 4.25. The molecule has 0 spiro atoms. The predicted octanol–water partition coefficient (Wildman–Crippen LogP) is 3.18. The molecular formula is C21H26N4O2S. The van der Waals surface area contributed by atoms with Gasteiger partial charge in [0, 0.05) is 36.5 Å². The van der Waals surface area contributed by atoms with Crippen LogP contribution in [0.1, 0.15) is 24.0 Å². The van der Waals surface area contributed by atoms with Crippen molar-refractivity contribution in [1.29, 1.82) is 0 Å². The lowest BCUT2D eigenvalue weighted by Crippen LogP contribution is -2.41. The monoisotopic (exact) mass is 398 g/mol. The van der Waals surface area contributed by atoms with Crippen LogP contribution in [0.15, 0.2) is 48.7 Å². The van der Waals surface area contributed by atoms with Crippen LogP contribution < -0.4 is 5.32 Å². The second-order valence-electron chi connectivity index (χ2n) is 7.78. The highest BCUT2D eigenvalue weighted by molar-refractivity contribution is 7.89. The van der Waals surface area contributed by atoms with E-state index in [0.717, 1.165) is 54.6 Å². The van der Waals surface area contributed by atoms with Crippen molar-refractivity contribution in [1.82, 2.24) is 15.1 Å². The van der Waals surface area contributed by atoms with Gasteiger partial charge in [0.2, 0.25) is 0 Å². The molecule has 2 N–H and O–H groups in total. The minimum absolute atomic E-state index is 0.101. The Morgan fingerprint density at radius 2 is 1.96 bits per heavy atom. The summed E-state index contributed by atoms with van der Waals surface area (Å²) >= 11 is 0. The van der Waals surface area contributed by atoms with Crippen molar-refractivity contribution in [3.05, 3.63) is 59.8 Å². The number of fused-ring (bicyclic) bond motifs is 1. The fraction of sp³-hybridized carbons (Fsp3) is 0.381. The van der Waals surface area contributed by atoms with Crippen molar-refractivity contribution in [2.75, 3.05) is 24.7 Å². The van der Waals surface area contributed by atoms with Crippen LogP contribution in [0.2, 0.25) is 0 Å². The summed E-state index contributed by atoms with van der Waals surface area (Å²) in [5.74, 6) is 0.101. The first-order valence-electron chi connectivity index (χ1n) is 9.62. The number of aromatic nitrogens is 2. The van der Waals surface area contributed by atoms with E-state index in [1.54, 1.807) is 0 Å². The first-order chi connectivity index (χ1) is 13.4. The number of sulfone groups is 1. The molecule has 148 valence electrons. The molecule has 0 amide bonds. The third kappa shape index (κ3) is 4.91. The lowest BCUT2D eigenvalue weighted by atomic mass is 10.0. The number of likely N-dealkylation sites (tertiary alicyclic amines) is 1. The molecule has 0 saturated carbocycles. The van der Waals surface area contributed by atoms with Crippen LogP contribution in [0.4, 0.5) is 5.69 Å². The molecule has 1 unspecified atom stereocenters. The number of benzene rings is 2. The Morgan fingerprint density at radius 3 is 2.75 bits per heavy atom. The standard InChI is InChI=1S/C21H26N4O2S/c1-28(26,27)15-17-6-4-16(5-7-17)13-25-10-2-3-20(14-25)23-19-8-9-21-18(11-19)12-22-24-21/h4-9,11-12,20,23H,2-3,10,13-15H2,1H3,(H,22,24). The van der Waals surface area contributed by atoms with Gasteiger partial charge in [-0.2, -0.15) is 5.10 Å². The van der Waals surface area contributed by atoms with Crippen molar-refractivity contribution in [3.8, 4) is 0 Å². The zero-order chi connectivity index (χ0) is 19.6. The summed E-state index contributed by atoms with van der Waals surface area (Å²) in [6.07, 6.45) is 5.44. The minimum Gasteiger partial charge on any atom is -0.381 e. The molecule has 0 radical (unpaired) electrons.